The first kappa shape index (κ1) is 15.0. The third-order valence-electron chi connectivity index (χ3n) is 2.24. The fourth-order valence-corrected chi connectivity index (χ4v) is 1.48. The van der Waals surface area contributed by atoms with Gasteiger partial charge in [0.25, 0.3) is 0 Å². The fourth-order valence-electron chi connectivity index (χ4n) is 1.48. The molecule has 0 spiro atoms. The molecule has 0 aliphatic rings. The summed E-state index contributed by atoms with van der Waals surface area (Å²) in [5.41, 5.74) is 2.55. The second kappa shape index (κ2) is 6.22. The van der Waals surface area contributed by atoms with Crippen molar-refractivity contribution in [1.29, 1.82) is 0 Å². The number of nitrogens with zero attached hydrogens (tertiary/aromatic N) is 2. The summed E-state index contributed by atoms with van der Waals surface area (Å²) in [6.45, 7) is 3.96. The normalized spacial score (nSPS) is 11.2. The van der Waals surface area contributed by atoms with Crippen molar-refractivity contribution in [2.45, 2.75) is 19.6 Å². The summed E-state index contributed by atoms with van der Waals surface area (Å²) in [5, 5.41) is 28.3. The summed E-state index contributed by atoms with van der Waals surface area (Å²) in [6.07, 6.45) is 0.620. The first-order valence-electron chi connectivity index (χ1n) is 5.38. The minimum atomic E-state index is -2.87. The zero-order chi connectivity index (χ0) is 13.8. The van der Waals surface area contributed by atoms with Crippen molar-refractivity contribution in [2.24, 2.45) is 0 Å². The molecular formula is C11H18N3O3P. The van der Waals surface area contributed by atoms with Crippen LogP contribution < -0.4 is 5.32 Å². The third kappa shape index (κ3) is 4.01. The topological polar surface area (TPSA) is 90.0 Å². The van der Waals surface area contributed by atoms with E-state index in [1.54, 1.807) is 6.20 Å². The van der Waals surface area contributed by atoms with Gasteiger partial charge in [-0.15, -0.1) is 9.24 Å². The Bertz CT molecular complexity index is 508. The second-order valence-electron chi connectivity index (χ2n) is 3.67. The van der Waals surface area contributed by atoms with E-state index in [9.17, 15) is 0 Å². The second-order valence-corrected chi connectivity index (χ2v) is 3.67. The van der Waals surface area contributed by atoms with Crippen molar-refractivity contribution < 1.29 is 15.3 Å². The minimum absolute atomic E-state index is 0.0914. The average molecular weight is 271 g/mol. The van der Waals surface area contributed by atoms with E-state index in [0.29, 0.717) is 0 Å². The Labute approximate surface area is 107 Å². The third-order valence-corrected chi connectivity index (χ3v) is 2.24. The Morgan fingerprint density at radius 1 is 1.33 bits per heavy atom. The number of fused-ring (bicyclic) bond motifs is 1. The summed E-state index contributed by atoms with van der Waals surface area (Å²) in [7, 11) is 2.42. The average Bonchev–Trinajstić information content (AvgIpc) is 2.70. The van der Waals surface area contributed by atoms with Gasteiger partial charge in [0.15, 0.2) is 0 Å². The Morgan fingerprint density at radius 2 is 2.00 bits per heavy atom. The van der Waals surface area contributed by atoms with Crippen LogP contribution in [0.3, 0.4) is 0 Å². The predicted molar refractivity (Wildman–Crippen MR) is 71.8 cm³/mol. The van der Waals surface area contributed by atoms with Gasteiger partial charge in [0, 0.05) is 12.7 Å². The van der Waals surface area contributed by atoms with Gasteiger partial charge in [-0.1, -0.05) is 12.7 Å². The van der Waals surface area contributed by atoms with Crippen molar-refractivity contribution in [3.63, 3.8) is 0 Å². The molecule has 2 aromatic rings. The molecule has 2 rings (SSSR count). The largest absolute Gasteiger partial charge is 0.343 e. The van der Waals surface area contributed by atoms with Crippen LogP contribution in [-0.2, 0) is 6.54 Å². The number of imidazole rings is 1. The van der Waals surface area contributed by atoms with Gasteiger partial charge in [0.2, 0.25) is 0 Å². The Balaban J connectivity index is 0.000000771. The number of nitrogens with one attached hydrogen (secondary N) is 1. The van der Waals surface area contributed by atoms with E-state index in [0.717, 1.165) is 16.9 Å². The monoisotopic (exact) mass is 271 g/mol. The van der Waals surface area contributed by atoms with Crippen LogP contribution in [0.1, 0.15) is 11.3 Å². The molecule has 1 unspecified atom stereocenters. The zero-order valence-electron chi connectivity index (χ0n) is 10.3. The molecular weight excluding hydrogens is 253 g/mol. The molecule has 100 valence electrons. The number of hydrogen-bond donors (Lipinski definition) is 4. The van der Waals surface area contributed by atoms with Crippen LogP contribution in [0.4, 0.5) is 0 Å². The quantitative estimate of drug-likeness (QED) is 0.459. The van der Waals surface area contributed by atoms with Crippen LogP contribution in [0.5, 0.6) is 0 Å². The molecule has 4 N–H and O–H groups in total. The molecule has 0 aliphatic carbocycles. The van der Waals surface area contributed by atoms with Gasteiger partial charge in [-0.2, -0.15) is 0 Å². The van der Waals surface area contributed by atoms with Crippen molar-refractivity contribution in [3.05, 3.63) is 35.8 Å². The molecule has 18 heavy (non-hydrogen) atoms. The van der Waals surface area contributed by atoms with Gasteiger partial charge in [0.1, 0.15) is 5.65 Å². The van der Waals surface area contributed by atoms with Crippen LogP contribution in [0.2, 0.25) is 0 Å². The highest BCUT2D eigenvalue weighted by Gasteiger charge is 2.17. The maximum atomic E-state index is 8.71. The van der Waals surface area contributed by atoms with E-state index in [1.807, 2.05) is 36.3 Å². The molecule has 2 aromatic heterocycles. The van der Waals surface area contributed by atoms with Gasteiger partial charge < -0.3 is 19.7 Å². The molecule has 0 aromatic carbocycles. The Kier molecular flexibility index (Phi) is 5.19. The highest BCUT2D eigenvalue weighted by atomic mass is 31.0. The summed E-state index contributed by atoms with van der Waals surface area (Å²) in [4.78, 5) is 4.14. The lowest BCUT2D eigenvalue weighted by molar-refractivity contribution is -0.332. The highest BCUT2D eigenvalue weighted by Crippen LogP contribution is 2.08. The van der Waals surface area contributed by atoms with E-state index in [1.165, 1.54) is 0 Å². The van der Waals surface area contributed by atoms with Crippen molar-refractivity contribution in [3.8, 4) is 0 Å². The fraction of sp³-hybridized carbons (Fsp3) is 0.364. The van der Waals surface area contributed by atoms with E-state index < -0.39 is 6.10 Å². The van der Waals surface area contributed by atoms with E-state index in [2.05, 4.69) is 19.5 Å². The van der Waals surface area contributed by atoms with Crippen molar-refractivity contribution in [1.82, 2.24) is 14.7 Å². The highest BCUT2D eigenvalue weighted by molar-refractivity contribution is 7.15. The number of rotatable bonds is 3. The SMILES string of the molecule is CP.Cc1ccc2ncc(CNC(O)(O)O)n2c1. The standard InChI is InChI=1S/C10H13N3O3.CH5P/c1-7-2-3-9-11-4-8(13(9)6-7)5-12-10(14,15)16;1-2/h2-4,6,12,14-16H,5H2,1H3;2H2,1H3. The molecule has 0 saturated carbocycles. The minimum Gasteiger partial charge on any atom is -0.330 e. The van der Waals surface area contributed by atoms with Gasteiger partial charge in [0.05, 0.1) is 11.9 Å². The summed E-state index contributed by atoms with van der Waals surface area (Å²) < 4.78 is 1.81. The molecule has 0 fully saturated rings. The summed E-state index contributed by atoms with van der Waals surface area (Å²) >= 11 is 0. The van der Waals surface area contributed by atoms with Crippen LogP contribution in [-0.4, -0.2) is 37.5 Å². The first-order valence-corrected chi connectivity index (χ1v) is 6.54. The van der Waals surface area contributed by atoms with Gasteiger partial charge in [-0.05, 0) is 18.6 Å². The van der Waals surface area contributed by atoms with Crippen LogP contribution >= 0.6 is 9.24 Å². The molecule has 2 heterocycles. The Morgan fingerprint density at radius 3 is 2.61 bits per heavy atom. The van der Waals surface area contributed by atoms with Gasteiger partial charge >= 0.3 is 6.10 Å². The van der Waals surface area contributed by atoms with E-state index in [-0.39, 0.29) is 6.54 Å². The Hall–Kier alpha value is -1.04. The molecule has 1 atom stereocenters. The van der Waals surface area contributed by atoms with Crippen molar-refractivity contribution >= 4 is 14.9 Å². The zero-order valence-corrected chi connectivity index (χ0v) is 11.5. The lowest BCUT2D eigenvalue weighted by Gasteiger charge is -2.14. The lowest BCUT2D eigenvalue weighted by Crippen LogP contribution is -2.44. The van der Waals surface area contributed by atoms with Crippen LogP contribution in [0.15, 0.2) is 24.5 Å². The van der Waals surface area contributed by atoms with Crippen LogP contribution in [0, 0.1) is 6.92 Å². The van der Waals surface area contributed by atoms with E-state index >= 15 is 0 Å². The molecule has 0 bridgehead atoms. The summed E-state index contributed by atoms with van der Waals surface area (Å²) in [6, 6.07) is 3.80. The number of hydrogen-bond acceptors (Lipinski definition) is 5. The lowest BCUT2D eigenvalue weighted by atomic mass is 10.3. The smallest absolute Gasteiger partial charge is 0.330 e. The van der Waals surface area contributed by atoms with Crippen LogP contribution in [0.25, 0.3) is 5.65 Å². The van der Waals surface area contributed by atoms with Gasteiger partial charge in [-0.3, -0.25) is 0 Å². The maximum Gasteiger partial charge on any atom is 0.343 e. The van der Waals surface area contributed by atoms with Crippen molar-refractivity contribution in [2.75, 3.05) is 6.66 Å². The summed E-state index contributed by atoms with van der Waals surface area (Å²) in [5.74, 6) is 0. The maximum absolute atomic E-state index is 8.71. The van der Waals surface area contributed by atoms with Gasteiger partial charge in [-0.25, -0.2) is 10.3 Å². The molecule has 0 radical (unpaired) electrons. The molecule has 0 amide bonds. The van der Waals surface area contributed by atoms with E-state index in [4.69, 9.17) is 15.3 Å². The number of pyridine rings is 1. The molecule has 6 nitrogen and oxygen atoms in total. The molecule has 0 aliphatic heterocycles. The number of aliphatic hydroxyl groups is 3. The molecule has 7 heteroatoms. The number of aromatic nitrogens is 2. The first-order chi connectivity index (χ1) is 8.46. The molecule has 0 saturated heterocycles. The number of aryl methyl sites for hydroxylation is 1. The predicted octanol–water partition coefficient (Wildman–Crippen LogP) is -0.188.